The molecule has 19 heavy (non-hydrogen) atoms. The van der Waals surface area contributed by atoms with Crippen LogP contribution in [0.1, 0.15) is 5.76 Å². The van der Waals surface area contributed by atoms with Crippen LogP contribution in [0.5, 0.6) is 0 Å². The minimum Gasteiger partial charge on any atom is -0.480 e. The zero-order valence-electron chi connectivity index (χ0n) is 10.9. The third-order valence-electron chi connectivity index (χ3n) is 2.23. The maximum Gasteiger partial charge on any atom is 0.317 e. The molecule has 0 aliphatic rings. The maximum absolute atomic E-state index is 11.7. The van der Waals surface area contributed by atoms with Gasteiger partial charge in [0.2, 0.25) is 5.91 Å². The van der Waals surface area contributed by atoms with Gasteiger partial charge in [0.25, 0.3) is 0 Å². The average molecular weight is 271 g/mol. The van der Waals surface area contributed by atoms with E-state index < -0.39 is 5.97 Å². The van der Waals surface area contributed by atoms with Crippen molar-refractivity contribution in [2.75, 3.05) is 38.7 Å². The lowest BCUT2D eigenvalue weighted by atomic mass is 10.4. The molecule has 0 aliphatic heterocycles. The Morgan fingerprint density at radius 3 is 2.79 bits per heavy atom. The molecule has 0 atom stereocenters. The summed E-state index contributed by atoms with van der Waals surface area (Å²) in [4.78, 5) is 23.8. The second-order valence-corrected chi connectivity index (χ2v) is 3.97. The first-order valence-corrected chi connectivity index (χ1v) is 5.67. The quantitative estimate of drug-likeness (QED) is 0.683. The number of rotatable bonds is 8. The molecular weight excluding hydrogens is 254 g/mol. The van der Waals surface area contributed by atoms with Crippen LogP contribution in [-0.4, -0.2) is 60.4 Å². The molecule has 0 saturated carbocycles. The highest BCUT2D eigenvalue weighted by Gasteiger charge is 2.14. The fourth-order valence-corrected chi connectivity index (χ4v) is 1.44. The van der Waals surface area contributed by atoms with Gasteiger partial charge >= 0.3 is 5.97 Å². The van der Waals surface area contributed by atoms with Crippen LogP contribution in [0.3, 0.4) is 0 Å². The Kier molecular flexibility index (Phi) is 5.97. The molecule has 106 valence electrons. The molecule has 1 rings (SSSR count). The fraction of sp³-hybridized carbons (Fsp3) is 0.545. The van der Waals surface area contributed by atoms with E-state index >= 15 is 0 Å². The van der Waals surface area contributed by atoms with Crippen molar-refractivity contribution < 1.29 is 24.0 Å². The summed E-state index contributed by atoms with van der Waals surface area (Å²) in [5, 5.41) is 14.9. The zero-order chi connectivity index (χ0) is 14.3. The Hall–Kier alpha value is -1.93. The van der Waals surface area contributed by atoms with Gasteiger partial charge in [-0.05, 0) is 6.92 Å². The number of aryl methyl sites for hydroxylation is 1. The highest BCUT2D eigenvalue weighted by molar-refractivity contribution is 5.91. The van der Waals surface area contributed by atoms with Gasteiger partial charge in [0, 0.05) is 19.7 Å². The molecule has 8 nitrogen and oxygen atoms in total. The third-order valence-corrected chi connectivity index (χ3v) is 2.23. The van der Waals surface area contributed by atoms with Crippen LogP contribution in [0.15, 0.2) is 10.6 Å². The fourth-order valence-electron chi connectivity index (χ4n) is 1.44. The van der Waals surface area contributed by atoms with Crippen LogP contribution in [-0.2, 0) is 14.3 Å². The van der Waals surface area contributed by atoms with Crippen molar-refractivity contribution in [1.82, 2.24) is 10.1 Å². The van der Waals surface area contributed by atoms with E-state index in [1.807, 2.05) is 0 Å². The summed E-state index contributed by atoms with van der Waals surface area (Å²) in [5.74, 6) is -0.464. The van der Waals surface area contributed by atoms with E-state index in [1.165, 1.54) is 12.0 Å². The Bertz CT molecular complexity index is 432. The number of amides is 1. The van der Waals surface area contributed by atoms with Gasteiger partial charge in [-0.2, -0.15) is 0 Å². The molecule has 2 N–H and O–H groups in total. The number of ether oxygens (including phenoxy) is 1. The van der Waals surface area contributed by atoms with Crippen LogP contribution in [0.4, 0.5) is 5.82 Å². The van der Waals surface area contributed by atoms with E-state index in [9.17, 15) is 9.59 Å². The summed E-state index contributed by atoms with van der Waals surface area (Å²) in [6.07, 6.45) is 0. The average Bonchev–Trinajstić information content (AvgIpc) is 2.70. The van der Waals surface area contributed by atoms with Gasteiger partial charge in [0.05, 0.1) is 19.7 Å². The van der Waals surface area contributed by atoms with Crippen LogP contribution < -0.4 is 5.32 Å². The minimum absolute atomic E-state index is 0.0540. The number of nitrogens with zero attached hydrogens (tertiary/aromatic N) is 2. The smallest absolute Gasteiger partial charge is 0.317 e. The van der Waals surface area contributed by atoms with Crippen molar-refractivity contribution in [2.24, 2.45) is 0 Å². The van der Waals surface area contributed by atoms with Crippen molar-refractivity contribution in [3.8, 4) is 0 Å². The van der Waals surface area contributed by atoms with Crippen LogP contribution >= 0.6 is 0 Å². The third kappa shape index (κ3) is 5.98. The molecule has 1 aromatic rings. The highest BCUT2D eigenvalue weighted by atomic mass is 16.5. The molecule has 0 aliphatic carbocycles. The molecule has 0 radical (unpaired) electrons. The highest BCUT2D eigenvalue weighted by Crippen LogP contribution is 2.06. The van der Waals surface area contributed by atoms with Crippen molar-refractivity contribution >= 4 is 17.7 Å². The number of aromatic nitrogens is 1. The molecule has 8 heteroatoms. The number of carbonyl (C=O) groups is 2. The molecule has 0 fully saturated rings. The molecule has 0 spiro atoms. The summed E-state index contributed by atoms with van der Waals surface area (Å²) in [6, 6.07) is 1.58. The topological polar surface area (TPSA) is 105 Å². The first kappa shape index (κ1) is 15.1. The second-order valence-electron chi connectivity index (χ2n) is 3.97. The number of carboxylic acid groups (broad SMARTS) is 1. The van der Waals surface area contributed by atoms with Crippen LogP contribution in [0.25, 0.3) is 0 Å². The molecular formula is C11H17N3O5. The largest absolute Gasteiger partial charge is 0.480 e. The van der Waals surface area contributed by atoms with Crippen molar-refractivity contribution in [2.45, 2.75) is 6.92 Å². The molecule has 0 saturated heterocycles. The number of nitrogens with one attached hydrogen (secondary N) is 1. The number of aliphatic carboxylic acids is 1. The van der Waals surface area contributed by atoms with Gasteiger partial charge in [0.1, 0.15) is 5.76 Å². The predicted molar refractivity (Wildman–Crippen MR) is 65.8 cm³/mol. The van der Waals surface area contributed by atoms with E-state index in [0.717, 1.165) is 0 Å². The van der Waals surface area contributed by atoms with Crippen LogP contribution in [0, 0.1) is 6.92 Å². The summed E-state index contributed by atoms with van der Waals surface area (Å²) >= 11 is 0. The predicted octanol–water partition coefficient (Wildman–Crippen LogP) is -0.0455. The zero-order valence-corrected chi connectivity index (χ0v) is 10.9. The Labute approximate surface area is 110 Å². The number of hydrogen-bond acceptors (Lipinski definition) is 6. The van der Waals surface area contributed by atoms with Gasteiger partial charge in [-0.25, -0.2) is 0 Å². The van der Waals surface area contributed by atoms with E-state index in [-0.39, 0.29) is 19.0 Å². The Morgan fingerprint density at radius 2 is 2.26 bits per heavy atom. The summed E-state index contributed by atoms with van der Waals surface area (Å²) in [7, 11) is 1.51. The van der Waals surface area contributed by atoms with Gasteiger partial charge < -0.3 is 19.7 Å². The van der Waals surface area contributed by atoms with Crippen molar-refractivity contribution in [3.05, 3.63) is 11.8 Å². The lowest BCUT2D eigenvalue weighted by molar-refractivity contribution is -0.138. The summed E-state index contributed by atoms with van der Waals surface area (Å²) in [6.45, 7) is 2.13. The van der Waals surface area contributed by atoms with Crippen molar-refractivity contribution in [3.63, 3.8) is 0 Å². The lowest BCUT2D eigenvalue weighted by Crippen LogP contribution is -2.38. The minimum atomic E-state index is -0.999. The first-order valence-electron chi connectivity index (χ1n) is 5.67. The molecule has 0 unspecified atom stereocenters. The van der Waals surface area contributed by atoms with Gasteiger partial charge in [-0.3, -0.25) is 14.5 Å². The Morgan fingerprint density at radius 1 is 1.53 bits per heavy atom. The molecule has 0 bridgehead atoms. The molecule has 0 aromatic carbocycles. The monoisotopic (exact) mass is 271 g/mol. The molecule has 1 aromatic heterocycles. The van der Waals surface area contributed by atoms with E-state index in [2.05, 4.69) is 10.5 Å². The maximum atomic E-state index is 11.7. The lowest BCUT2D eigenvalue weighted by Gasteiger charge is -2.18. The first-order chi connectivity index (χ1) is 9.01. The van der Waals surface area contributed by atoms with E-state index in [0.29, 0.717) is 24.7 Å². The van der Waals surface area contributed by atoms with Gasteiger partial charge in [0.15, 0.2) is 5.82 Å². The number of methoxy groups -OCH3 is 1. The SMILES string of the molecule is COCCN(CC(=O)O)CC(=O)Nc1cc(C)on1. The Balaban J connectivity index is 2.47. The number of hydrogen-bond donors (Lipinski definition) is 2. The number of carboxylic acids is 1. The second kappa shape index (κ2) is 7.49. The molecule has 1 amide bonds. The van der Waals surface area contributed by atoms with E-state index in [4.69, 9.17) is 14.4 Å². The van der Waals surface area contributed by atoms with Crippen molar-refractivity contribution in [1.29, 1.82) is 0 Å². The van der Waals surface area contributed by atoms with E-state index in [1.54, 1.807) is 13.0 Å². The van der Waals surface area contributed by atoms with Crippen LogP contribution in [0.2, 0.25) is 0 Å². The number of anilines is 1. The van der Waals surface area contributed by atoms with Gasteiger partial charge in [-0.1, -0.05) is 5.16 Å². The molecule has 1 heterocycles. The standard InChI is InChI=1S/C11H17N3O5/c1-8-5-9(13-19-8)12-10(15)6-14(3-4-18-2)7-11(16)17/h5H,3-4,6-7H2,1-2H3,(H,16,17)(H,12,13,15). The number of carbonyl (C=O) groups excluding carboxylic acids is 1. The summed E-state index contributed by atoms with van der Waals surface area (Å²) < 4.78 is 9.67. The summed E-state index contributed by atoms with van der Waals surface area (Å²) in [5.41, 5.74) is 0. The van der Waals surface area contributed by atoms with Gasteiger partial charge in [-0.15, -0.1) is 0 Å². The normalized spacial score (nSPS) is 10.7.